The normalized spacial score (nSPS) is 20.2. The fourth-order valence-corrected chi connectivity index (χ4v) is 1.65. The molecule has 70 valence electrons. The van der Waals surface area contributed by atoms with E-state index in [9.17, 15) is 0 Å². The smallest absolute Gasteiger partial charge is 0.0958 e. The molecule has 0 bridgehead atoms. The van der Waals surface area contributed by atoms with Gasteiger partial charge in [0, 0.05) is 26.6 Å². The summed E-state index contributed by atoms with van der Waals surface area (Å²) in [7, 11) is 1.73. The molecule has 1 atom stereocenters. The first-order valence-electron chi connectivity index (χ1n) is 4.55. The van der Waals surface area contributed by atoms with Gasteiger partial charge in [-0.25, -0.2) is 0 Å². The Kier molecular flexibility index (Phi) is 3.53. The minimum Gasteiger partial charge on any atom is -0.384 e. The molecule has 1 rings (SSSR count). The van der Waals surface area contributed by atoms with Crippen molar-refractivity contribution < 1.29 is 4.74 Å². The summed E-state index contributed by atoms with van der Waals surface area (Å²) in [4.78, 5) is 2.16. The van der Waals surface area contributed by atoms with E-state index in [4.69, 9.17) is 10.1 Å². The first-order chi connectivity index (χ1) is 5.74. The van der Waals surface area contributed by atoms with Crippen molar-refractivity contribution in [2.75, 3.05) is 26.8 Å². The van der Waals surface area contributed by atoms with Gasteiger partial charge in [-0.1, -0.05) is 6.92 Å². The molecule has 1 N–H and O–H groups in total. The quantitative estimate of drug-likeness (QED) is 0.691. The van der Waals surface area contributed by atoms with E-state index in [1.54, 1.807) is 7.11 Å². The van der Waals surface area contributed by atoms with Gasteiger partial charge in [0.25, 0.3) is 0 Å². The third-order valence-electron chi connectivity index (χ3n) is 2.21. The van der Waals surface area contributed by atoms with Gasteiger partial charge in [-0.2, -0.15) is 0 Å². The van der Waals surface area contributed by atoms with E-state index in [0.29, 0.717) is 5.92 Å². The van der Waals surface area contributed by atoms with Crippen LogP contribution in [0.2, 0.25) is 0 Å². The van der Waals surface area contributed by atoms with E-state index in [1.807, 2.05) is 0 Å². The van der Waals surface area contributed by atoms with Crippen molar-refractivity contribution in [2.24, 2.45) is 5.92 Å². The molecule has 1 fully saturated rings. The molecule has 1 aliphatic rings. The number of hydrogen-bond donors (Lipinski definition) is 1. The molecule has 0 aromatic rings. The number of likely N-dealkylation sites (tertiary alicyclic amines) is 1. The minimum atomic E-state index is 0.536. The summed E-state index contributed by atoms with van der Waals surface area (Å²) < 4.78 is 5.05. The SMILES string of the molecule is COCC(C)CN1CCCC1=N. The lowest BCUT2D eigenvalue weighted by molar-refractivity contribution is 0.147. The molecule has 0 aromatic heterocycles. The maximum absolute atomic E-state index is 7.62. The lowest BCUT2D eigenvalue weighted by Gasteiger charge is -2.21. The highest BCUT2D eigenvalue weighted by molar-refractivity contribution is 5.80. The van der Waals surface area contributed by atoms with Crippen molar-refractivity contribution in [2.45, 2.75) is 19.8 Å². The maximum atomic E-state index is 7.62. The number of nitrogens with zero attached hydrogens (tertiary/aromatic N) is 1. The van der Waals surface area contributed by atoms with Crippen LogP contribution in [0.3, 0.4) is 0 Å². The van der Waals surface area contributed by atoms with Crippen LogP contribution in [0.5, 0.6) is 0 Å². The predicted octanol–water partition coefficient (Wildman–Crippen LogP) is 1.34. The topological polar surface area (TPSA) is 36.3 Å². The number of hydrogen-bond acceptors (Lipinski definition) is 2. The summed E-state index contributed by atoms with van der Waals surface area (Å²) in [6, 6.07) is 0. The highest BCUT2D eigenvalue weighted by Crippen LogP contribution is 2.12. The second kappa shape index (κ2) is 4.45. The number of ether oxygens (including phenoxy) is 1. The van der Waals surface area contributed by atoms with Crippen LogP contribution in [0.25, 0.3) is 0 Å². The highest BCUT2D eigenvalue weighted by atomic mass is 16.5. The molecule has 1 aliphatic heterocycles. The first-order valence-corrected chi connectivity index (χ1v) is 4.55. The fourth-order valence-electron chi connectivity index (χ4n) is 1.65. The van der Waals surface area contributed by atoms with Crippen molar-refractivity contribution >= 4 is 5.84 Å². The maximum Gasteiger partial charge on any atom is 0.0958 e. The Hall–Kier alpha value is -0.570. The highest BCUT2D eigenvalue weighted by Gasteiger charge is 2.18. The van der Waals surface area contributed by atoms with E-state index < -0.39 is 0 Å². The number of amidine groups is 1. The molecule has 1 heterocycles. The molecule has 12 heavy (non-hydrogen) atoms. The second-order valence-corrected chi connectivity index (χ2v) is 3.56. The lowest BCUT2D eigenvalue weighted by atomic mass is 10.2. The molecular weight excluding hydrogens is 152 g/mol. The Morgan fingerprint density at radius 1 is 1.67 bits per heavy atom. The molecule has 1 unspecified atom stereocenters. The molecule has 0 aromatic carbocycles. The van der Waals surface area contributed by atoms with E-state index in [1.165, 1.54) is 0 Å². The van der Waals surface area contributed by atoms with Gasteiger partial charge in [0.2, 0.25) is 0 Å². The van der Waals surface area contributed by atoms with Gasteiger partial charge in [0.15, 0.2) is 0 Å². The van der Waals surface area contributed by atoms with Gasteiger partial charge in [-0.05, 0) is 12.3 Å². The Balaban J connectivity index is 2.25. The standard InChI is InChI=1S/C9H18N2O/c1-8(7-12-2)6-11-5-3-4-9(11)10/h8,10H,3-7H2,1-2H3. The molecule has 0 amide bonds. The summed E-state index contributed by atoms with van der Waals surface area (Å²) in [5.74, 6) is 1.34. The zero-order chi connectivity index (χ0) is 8.97. The van der Waals surface area contributed by atoms with Gasteiger partial charge >= 0.3 is 0 Å². The Morgan fingerprint density at radius 2 is 2.42 bits per heavy atom. The number of rotatable bonds is 4. The first kappa shape index (κ1) is 9.52. The summed E-state index contributed by atoms with van der Waals surface area (Å²) >= 11 is 0. The molecule has 3 heteroatoms. The lowest BCUT2D eigenvalue weighted by Crippen LogP contribution is -2.30. The Labute approximate surface area is 74.2 Å². The van der Waals surface area contributed by atoms with Gasteiger partial charge in [-0.3, -0.25) is 5.41 Å². The van der Waals surface area contributed by atoms with Crippen LogP contribution >= 0.6 is 0 Å². The van der Waals surface area contributed by atoms with Gasteiger partial charge in [0.05, 0.1) is 12.4 Å². The van der Waals surface area contributed by atoms with Crippen molar-refractivity contribution in [3.8, 4) is 0 Å². The number of methoxy groups -OCH3 is 1. The van der Waals surface area contributed by atoms with Gasteiger partial charge in [-0.15, -0.1) is 0 Å². The molecule has 0 saturated carbocycles. The fraction of sp³-hybridized carbons (Fsp3) is 0.889. The minimum absolute atomic E-state index is 0.536. The van der Waals surface area contributed by atoms with E-state index in [-0.39, 0.29) is 0 Å². The van der Waals surface area contributed by atoms with E-state index in [2.05, 4.69) is 11.8 Å². The van der Waals surface area contributed by atoms with Crippen LogP contribution in [-0.2, 0) is 4.74 Å². The summed E-state index contributed by atoms with van der Waals surface area (Å²) in [6.45, 7) is 5.00. The molecule has 0 radical (unpaired) electrons. The van der Waals surface area contributed by atoms with E-state index >= 15 is 0 Å². The summed E-state index contributed by atoms with van der Waals surface area (Å²) in [5, 5.41) is 7.62. The third kappa shape index (κ3) is 2.48. The summed E-state index contributed by atoms with van der Waals surface area (Å²) in [6.07, 6.45) is 2.11. The zero-order valence-electron chi connectivity index (χ0n) is 7.97. The third-order valence-corrected chi connectivity index (χ3v) is 2.21. The average molecular weight is 170 g/mol. The Bertz CT molecular complexity index is 159. The van der Waals surface area contributed by atoms with Crippen LogP contribution in [-0.4, -0.2) is 37.5 Å². The van der Waals surface area contributed by atoms with Crippen molar-refractivity contribution in [3.05, 3.63) is 0 Å². The molecule has 0 aliphatic carbocycles. The van der Waals surface area contributed by atoms with Crippen LogP contribution in [0.15, 0.2) is 0 Å². The Morgan fingerprint density at radius 3 is 2.92 bits per heavy atom. The van der Waals surface area contributed by atoms with Crippen LogP contribution in [0.1, 0.15) is 19.8 Å². The largest absolute Gasteiger partial charge is 0.384 e. The van der Waals surface area contributed by atoms with Crippen molar-refractivity contribution in [1.29, 1.82) is 5.41 Å². The van der Waals surface area contributed by atoms with Crippen LogP contribution in [0, 0.1) is 11.3 Å². The van der Waals surface area contributed by atoms with Gasteiger partial charge in [0.1, 0.15) is 0 Å². The van der Waals surface area contributed by atoms with Crippen LogP contribution < -0.4 is 0 Å². The van der Waals surface area contributed by atoms with Crippen molar-refractivity contribution in [1.82, 2.24) is 4.90 Å². The molecular formula is C9H18N2O. The molecule has 3 nitrogen and oxygen atoms in total. The van der Waals surface area contributed by atoms with E-state index in [0.717, 1.165) is 38.4 Å². The average Bonchev–Trinajstić information content (AvgIpc) is 2.37. The monoisotopic (exact) mass is 170 g/mol. The molecule has 1 saturated heterocycles. The number of nitrogens with one attached hydrogen (secondary N) is 1. The zero-order valence-corrected chi connectivity index (χ0v) is 7.97. The second-order valence-electron chi connectivity index (χ2n) is 3.56. The van der Waals surface area contributed by atoms with Gasteiger partial charge < -0.3 is 9.64 Å². The van der Waals surface area contributed by atoms with Crippen LogP contribution in [0.4, 0.5) is 0 Å². The van der Waals surface area contributed by atoms with Crippen molar-refractivity contribution in [3.63, 3.8) is 0 Å². The predicted molar refractivity (Wildman–Crippen MR) is 49.6 cm³/mol. The summed E-state index contributed by atoms with van der Waals surface area (Å²) in [5.41, 5.74) is 0. The molecule has 0 spiro atoms.